The van der Waals surface area contributed by atoms with Gasteiger partial charge in [-0.25, -0.2) is 0 Å². The van der Waals surface area contributed by atoms with Gasteiger partial charge in [0.2, 0.25) is 0 Å². The molecule has 0 aliphatic heterocycles. The minimum absolute atomic E-state index is 0.395. The van der Waals surface area contributed by atoms with Gasteiger partial charge in [-0.2, -0.15) is 5.10 Å². The maximum Gasteiger partial charge on any atom is 0.508 e. The lowest BCUT2D eigenvalue weighted by Crippen LogP contribution is -2.39. The Labute approximate surface area is 91.6 Å². The van der Waals surface area contributed by atoms with E-state index in [1.807, 2.05) is 19.0 Å². The van der Waals surface area contributed by atoms with Gasteiger partial charge in [-0.3, -0.25) is 4.68 Å². The largest absolute Gasteiger partial charge is 0.508 e. The molecule has 0 saturated heterocycles. The van der Waals surface area contributed by atoms with Crippen molar-refractivity contribution < 1.29 is 10.0 Å². The van der Waals surface area contributed by atoms with Crippen LogP contribution in [-0.4, -0.2) is 52.5 Å². The molecule has 1 aromatic heterocycles. The molecule has 1 rings (SSSR count). The quantitative estimate of drug-likeness (QED) is 0.675. The minimum Gasteiger partial charge on any atom is -0.422 e. The summed E-state index contributed by atoms with van der Waals surface area (Å²) in [4.78, 5) is 2.00. The molecule has 0 bridgehead atoms. The number of likely N-dealkylation sites (N-methyl/N-ethyl adjacent to an activating group) is 1. The molecule has 0 spiro atoms. The van der Waals surface area contributed by atoms with Crippen LogP contribution in [0.15, 0.2) is 10.7 Å². The van der Waals surface area contributed by atoms with Crippen LogP contribution in [0.1, 0.15) is 0 Å². The van der Waals surface area contributed by atoms with Crippen molar-refractivity contribution in [1.29, 1.82) is 0 Å². The van der Waals surface area contributed by atoms with Gasteiger partial charge in [0.15, 0.2) is 0 Å². The third-order valence-electron chi connectivity index (χ3n) is 1.84. The van der Waals surface area contributed by atoms with Crippen molar-refractivity contribution in [3.63, 3.8) is 0 Å². The van der Waals surface area contributed by atoms with Crippen molar-refractivity contribution in [1.82, 2.24) is 14.7 Å². The molecule has 0 radical (unpaired) electrons. The summed E-state index contributed by atoms with van der Waals surface area (Å²) in [6, 6.07) is 0. The van der Waals surface area contributed by atoms with Gasteiger partial charge >= 0.3 is 7.12 Å². The first-order valence-corrected chi connectivity index (χ1v) is 5.03. The second-order valence-electron chi connectivity index (χ2n) is 3.28. The Bertz CT molecular complexity index is 303. The summed E-state index contributed by atoms with van der Waals surface area (Å²) in [6.07, 6.45) is 1.56. The molecule has 1 aromatic rings. The van der Waals surface area contributed by atoms with E-state index < -0.39 is 7.12 Å². The summed E-state index contributed by atoms with van der Waals surface area (Å²) in [5.41, 5.74) is 0.395. The fourth-order valence-corrected chi connectivity index (χ4v) is 1.60. The van der Waals surface area contributed by atoms with Crippen LogP contribution >= 0.6 is 15.9 Å². The summed E-state index contributed by atoms with van der Waals surface area (Å²) in [5.74, 6) is 0. The van der Waals surface area contributed by atoms with Gasteiger partial charge < -0.3 is 14.9 Å². The zero-order chi connectivity index (χ0) is 10.7. The predicted octanol–water partition coefficient (Wildman–Crippen LogP) is -1.11. The van der Waals surface area contributed by atoms with E-state index in [2.05, 4.69) is 21.0 Å². The number of halogens is 1. The van der Waals surface area contributed by atoms with E-state index in [0.29, 0.717) is 16.6 Å². The Morgan fingerprint density at radius 1 is 1.57 bits per heavy atom. The molecule has 0 saturated carbocycles. The van der Waals surface area contributed by atoms with E-state index in [0.717, 1.165) is 6.54 Å². The van der Waals surface area contributed by atoms with Crippen molar-refractivity contribution >= 4 is 28.6 Å². The molecule has 14 heavy (non-hydrogen) atoms. The summed E-state index contributed by atoms with van der Waals surface area (Å²) in [7, 11) is 2.41. The molecule has 78 valence electrons. The fraction of sp³-hybridized carbons (Fsp3) is 0.571. The van der Waals surface area contributed by atoms with Gasteiger partial charge in [0.25, 0.3) is 0 Å². The number of hydrogen-bond donors (Lipinski definition) is 2. The second kappa shape index (κ2) is 4.93. The standard InChI is InChI=1S/C7H13BBrN3O2/c1-11(2)3-4-12-7(8(13)14)6(9)5-10-12/h5,13-14H,3-4H2,1-2H3. The molecule has 5 nitrogen and oxygen atoms in total. The molecular weight excluding hydrogens is 249 g/mol. The van der Waals surface area contributed by atoms with Gasteiger partial charge in [0.05, 0.1) is 22.8 Å². The molecule has 7 heteroatoms. The van der Waals surface area contributed by atoms with Crippen LogP contribution in [0.5, 0.6) is 0 Å². The van der Waals surface area contributed by atoms with Crippen LogP contribution < -0.4 is 5.59 Å². The average Bonchev–Trinajstić information content (AvgIpc) is 2.43. The summed E-state index contributed by atoms with van der Waals surface area (Å²) < 4.78 is 2.20. The van der Waals surface area contributed by atoms with E-state index in [1.54, 1.807) is 10.9 Å². The van der Waals surface area contributed by atoms with Gasteiger partial charge in [0.1, 0.15) is 0 Å². The van der Waals surface area contributed by atoms with E-state index >= 15 is 0 Å². The lowest BCUT2D eigenvalue weighted by atomic mass is 9.86. The number of aromatic nitrogens is 2. The van der Waals surface area contributed by atoms with E-state index in [9.17, 15) is 0 Å². The normalized spacial score (nSPS) is 11.0. The molecule has 0 aliphatic rings. The molecule has 0 aromatic carbocycles. The summed E-state index contributed by atoms with van der Waals surface area (Å²) >= 11 is 3.21. The number of rotatable bonds is 4. The van der Waals surface area contributed by atoms with Crippen molar-refractivity contribution in [2.75, 3.05) is 20.6 Å². The van der Waals surface area contributed by atoms with Crippen molar-refractivity contribution in [3.8, 4) is 0 Å². The molecule has 0 atom stereocenters. The SMILES string of the molecule is CN(C)CCn1ncc(Br)c1B(O)O. The third-order valence-corrected chi connectivity index (χ3v) is 2.45. The highest BCUT2D eigenvalue weighted by molar-refractivity contribution is 9.10. The predicted molar refractivity (Wildman–Crippen MR) is 58.3 cm³/mol. The maximum atomic E-state index is 9.09. The first-order valence-electron chi connectivity index (χ1n) is 4.24. The highest BCUT2D eigenvalue weighted by Gasteiger charge is 2.21. The fourth-order valence-electron chi connectivity index (χ4n) is 1.10. The van der Waals surface area contributed by atoms with Gasteiger partial charge in [-0.15, -0.1) is 0 Å². The Morgan fingerprint density at radius 3 is 2.71 bits per heavy atom. The van der Waals surface area contributed by atoms with Crippen LogP contribution in [0.2, 0.25) is 0 Å². The Kier molecular flexibility index (Phi) is 4.12. The van der Waals surface area contributed by atoms with Crippen LogP contribution in [0.3, 0.4) is 0 Å². The lowest BCUT2D eigenvalue weighted by Gasteiger charge is -2.11. The first kappa shape index (κ1) is 11.7. The van der Waals surface area contributed by atoms with Crippen LogP contribution in [0, 0.1) is 0 Å². The van der Waals surface area contributed by atoms with E-state index in [1.165, 1.54) is 0 Å². The van der Waals surface area contributed by atoms with E-state index in [4.69, 9.17) is 10.0 Å². The summed E-state index contributed by atoms with van der Waals surface area (Å²) in [5, 5.41) is 22.2. The minimum atomic E-state index is -1.49. The van der Waals surface area contributed by atoms with Crippen LogP contribution in [0.4, 0.5) is 0 Å². The lowest BCUT2D eigenvalue weighted by molar-refractivity contribution is 0.370. The summed E-state index contributed by atoms with van der Waals surface area (Å²) in [6.45, 7) is 1.43. The van der Waals surface area contributed by atoms with E-state index in [-0.39, 0.29) is 0 Å². The van der Waals surface area contributed by atoms with Gasteiger partial charge in [0, 0.05) is 6.54 Å². The highest BCUT2D eigenvalue weighted by Crippen LogP contribution is 2.04. The zero-order valence-corrected chi connectivity index (χ0v) is 9.77. The van der Waals surface area contributed by atoms with Gasteiger partial charge in [-0.05, 0) is 30.0 Å². The molecule has 2 N–H and O–H groups in total. The van der Waals surface area contributed by atoms with Gasteiger partial charge in [-0.1, -0.05) is 0 Å². The van der Waals surface area contributed by atoms with Crippen molar-refractivity contribution in [2.45, 2.75) is 6.54 Å². The monoisotopic (exact) mass is 261 g/mol. The topological polar surface area (TPSA) is 61.5 Å². The maximum absolute atomic E-state index is 9.09. The molecule has 0 aliphatic carbocycles. The number of hydrogen-bond acceptors (Lipinski definition) is 4. The third kappa shape index (κ3) is 2.81. The Balaban J connectivity index is 2.76. The van der Waals surface area contributed by atoms with Crippen molar-refractivity contribution in [2.24, 2.45) is 0 Å². The molecular formula is C7H13BBrN3O2. The Morgan fingerprint density at radius 2 is 2.21 bits per heavy atom. The van der Waals surface area contributed by atoms with Crippen LogP contribution in [0.25, 0.3) is 0 Å². The van der Waals surface area contributed by atoms with Crippen LogP contribution in [-0.2, 0) is 6.54 Å². The average molecular weight is 262 g/mol. The first-order chi connectivity index (χ1) is 6.52. The zero-order valence-electron chi connectivity index (χ0n) is 8.18. The number of nitrogens with zero attached hydrogens (tertiary/aromatic N) is 3. The second-order valence-corrected chi connectivity index (χ2v) is 4.13. The highest BCUT2D eigenvalue weighted by atomic mass is 79.9. The molecule has 0 amide bonds. The molecule has 0 fully saturated rings. The smallest absolute Gasteiger partial charge is 0.422 e. The van der Waals surface area contributed by atoms with Crippen molar-refractivity contribution in [3.05, 3.63) is 10.7 Å². The Hall–Kier alpha value is -0.365. The molecule has 0 unspecified atom stereocenters. The molecule has 1 heterocycles.